The molecule has 0 aliphatic heterocycles. The number of likely N-dealkylation sites (N-methyl/N-ethyl adjacent to an activating group) is 1. The van der Waals surface area contributed by atoms with Gasteiger partial charge < -0.3 is 28.8 Å². The van der Waals surface area contributed by atoms with Gasteiger partial charge in [-0.15, -0.1) is 0 Å². The second-order valence-corrected chi connectivity index (χ2v) is 23.8. The fourth-order valence-corrected chi connectivity index (χ4v) is 10.2. The van der Waals surface area contributed by atoms with Crippen LogP contribution in [0.15, 0.2) is 12.2 Å². The van der Waals surface area contributed by atoms with E-state index in [1.165, 1.54) is 257 Å². The minimum absolute atomic E-state index is 0.00244. The normalized spacial score (nSPS) is 13.9. The molecule has 0 rings (SSSR count). The van der Waals surface area contributed by atoms with Gasteiger partial charge in [-0.3, -0.25) is 9.36 Å². The molecule has 0 aliphatic carbocycles. The first-order valence-corrected chi connectivity index (χ1v) is 32.0. The zero-order valence-electron chi connectivity index (χ0n) is 47.0. The van der Waals surface area contributed by atoms with Crippen molar-refractivity contribution in [3.8, 4) is 0 Å². The lowest BCUT2D eigenvalue weighted by Gasteiger charge is -2.29. The van der Waals surface area contributed by atoms with Crippen molar-refractivity contribution in [2.75, 3.05) is 40.9 Å². The predicted octanol–water partition coefficient (Wildman–Crippen LogP) is 18.0. The molecule has 0 aromatic carbocycles. The fraction of sp³-hybridized carbons (Fsp3) is 0.950. The summed E-state index contributed by atoms with van der Waals surface area (Å²) < 4.78 is 23.3. The number of rotatable bonds is 57. The molecule has 0 saturated heterocycles. The van der Waals surface area contributed by atoms with Crippen molar-refractivity contribution in [2.24, 2.45) is 0 Å². The van der Waals surface area contributed by atoms with Gasteiger partial charge in [-0.25, -0.2) is 0 Å². The van der Waals surface area contributed by atoms with Crippen LogP contribution < -0.4 is 10.2 Å². The first kappa shape index (κ1) is 68.2. The zero-order valence-corrected chi connectivity index (χ0v) is 47.9. The van der Waals surface area contributed by atoms with Crippen molar-refractivity contribution < 1.29 is 32.9 Å². The van der Waals surface area contributed by atoms with E-state index in [1.54, 1.807) is 6.08 Å². The fourth-order valence-electron chi connectivity index (χ4n) is 9.45. The molecule has 0 aliphatic rings. The molecular formula is C60H121N2O6P. The van der Waals surface area contributed by atoms with Gasteiger partial charge in [0.25, 0.3) is 7.82 Å². The quantitative estimate of drug-likeness (QED) is 0.0272. The van der Waals surface area contributed by atoms with Crippen LogP contribution in [-0.4, -0.2) is 68.5 Å². The van der Waals surface area contributed by atoms with Gasteiger partial charge in [-0.2, -0.15) is 0 Å². The van der Waals surface area contributed by atoms with E-state index in [1.807, 2.05) is 27.2 Å². The summed E-state index contributed by atoms with van der Waals surface area (Å²) in [4.78, 5) is 25.5. The van der Waals surface area contributed by atoms with Crippen LogP contribution in [0, 0.1) is 0 Å². The van der Waals surface area contributed by atoms with Crippen LogP contribution in [0.1, 0.15) is 316 Å². The van der Waals surface area contributed by atoms with Crippen molar-refractivity contribution >= 4 is 13.7 Å². The first-order chi connectivity index (χ1) is 33.5. The maximum atomic E-state index is 12.9. The Hall–Kier alpha value is -0.760. The highest BCUT2D eigenvalue weighted by molar-refractivity contribution is 7.45. The minimum atomic E-state index is -4.59. The SMILES string of the molecule is CCCCCCCCCCCCC/C=C/C(O)C(COP(=O)([O-])OCC[N+](C)(C)C)NC(=O)CCCCCCCCCCCCCCCCCCCCCCCCCCCCCCCCCCCC. The number of aliphatic hydroxyl groups is 1. The number of unbranched alkanes of at least 4 members (excludes halogenated alkanes) is 44. The summed E-state index contributed by atoms with van der Waals surface area (Å²) in [6.45, 7) is 4.69. The van der Waals surface area contributed by atoms with E-state index in [9.17, 15) is 19.4 Å². The molecule has 0 bridgehead atoms. The van der Waals surface area contributed by atoms with Gasteiger partial charge in [0.1, 0.15) is 13.2 Å². The number of allylic oxidation sites excluding steroid dienone is 1. The number of phosphoric acid groups is 1. The smallest absolute Gasteiger partial charge is 0.268 e. The number of carbonyl (C=O) groups is 1. The number of carbonyl (C=O) groups excluding carboxylic acids is 1. The van der Waals surface area contributed by atoms with Gasteiger partial charge >= 0.3 is 0 Å². The summed E-state index contributed by atoms with van der Waals surface area (Å²) in [5.74, 6) is -0.191. The Morgan fingerprint density at radius 3 is 1.09 bits per heavy atom. The van der Waals surface area contributed by atoms with Gasteiger partial charge in [-0.1, -0.05) is 302 Å². The van der Waals surface area contributed by atoms with Crippen molar-refractivity contribution in [1.29, 1.82) is 0 Å². The number of nitrogens with zero attached hydrogens (tertiary/aromatic N) is 1. The molecule has 0 heterocycles. The number of aliphatic hydroxyl groups excluding tert-OH is 1. The summed E-state index contributed by atoms with van der Waals surface area (Å²) in [5, 5.41) is 13.9. The maximum Gasteiger partial charge on any atom is 0.268 e. The summed E-state index contributed by atoms with van der Waals surface area (Å²) in [6.07, 6.45) is 64.6. The summed E-state index contributed by atoms with van der Waals surface area (Å²) in [6, 6.07) is -0.881. The lowest BCUT2D eigenvalue weighted by atomic mass is 10.0. The van der Waals surface area contributed by atoms with Crippen molar-refractivity contribution in [3.05, 3.63) is 12.2 Å². The average Bonchev–Trinajstić information content (AvgIpc) is 3.31. The second-order valence-electron chi connectivity index (χ2n) is 22.4. The van der Waals surface area contributed by atoms with Gasteiger partial charge in [0.2, 0.25) is 5.91 Å². The Kier molecular flexibility index (Phi) is 51.5. The highest BCUT2D eigenvalue weighted by Gasteiger charge is 2.23. The minimum Gasteiger partial charge on any atom is -0.756 e. The third kappa shape index (κ3) is 54.8. The van der Waals surface area contributed by atoms with E-state index in [-0.39, 0.29) is 19.1 Å². The highest BCUT2D eigenvalue weighted by atomic mass is 31.2. The maximum absolute atomic E-state index is 12.9. The number of quaternary nitrogens is 1. The number of nitrogens with one attached hydrogen (secondary N) is 1. The first-order valence-electron chi connectivity index (χ1n) is 30.6. The summed E-state index contributed by atoms with van der Waals surface area (Å²) >= 11 is 0. The van der Waals surface area contributed by atoms with Gasteiger partial charge in [0.15, 0.2) is 0 Å². The van der Waals surface area contributed by atoms with Crippen molar-refractivity contribution in [2.45, 2.75) is 328 Å². The molecule has 0 aromatic rings. The molecule has 0 saturated carbocycles. The number of amides is 1. The van der Waals surface area contributed by atoms with Crippen LogP contribution in [0.25, 0.3) is 0 Å². The molecule has 412 valence electrons. The molecule has 3 atom stereocenters. The number of hydrogen-bond donors (Lipinski definition) is 2. The molecule has 0 fully saturated rings. The number of hydrogen-bond acceptors (Lipinski definition) is 6. The van der Waals surface area contributed by atoms with E-state index >= 15 is 0 Å². The van der Waals surface area contributed by atoms with Crippen molar-refractivity contribution in [3.63, 3.8) is 0 Å². The topological polar surface area (TPSA) is 108 Å². The van der Waals surface area contributed by atoms with Gasteiger partial charge in [-0.05, 0) is 19.3 Å². The van der Waals surface area contributed by atoms with E-state index in [2.05, 4.69) is 19.2 Å². The van der Waals surface area contributed by atoms with E-state index in [0.29, 0.717) is 17.4 Å². The van der Waals surface area contributed by atoms with Crippen LogP contribution in [-0.2, 0) is 18.4 Å². The average molecular weight is 998 g/mol. The standard InChI is InChI=1S/C60H121N2O6P/c1-6-8-10-12-14-16-18-20-21-22-23-24-25-26-27-28-29-30-31-32-33-34-35-36-37-38-39-40-42-44-46-48-50-52-54-60(64)61-58(57-68-69(65,66)67-56-55-62(3,4)5)59(63)53-51-49-47-45-43-41-19-17-15-13-11-9-7-2/h51,53,58-59,63H,6-50,52,54-57H2,1-5H3,(H-,61,64,65,66)/b53-51+. The molecule has 3 unspecified atom stereocenters. The largest absolute Gasteiger partial charge is 0.756 e. The van der Waals surface area contributed by atoms with Gasteiger partial charge in [0.05, 0.1) is 39.9 Å². The summed E-state index contributed by atoms with van der Waals surface area (Å²) in [7, 11) is 1.28. The van der Waals surface area contributed by atoms with Crippen LogP contribution in [0.2, 0.25) is 0 Å². The van der Waals surface area contributed by atoms with Crippen molar-refractivity contribution in [1.82, 2.24) is 5.32 Å². The van der Waals surface area contributed by atoms with Gasteiger partial charge in [0, 0.05) is 6.42 Å². The van der Waals surface area contributed by atoms with Crippen LogP contribution in [0.5, 0.6) is 0 Å². The molecule has 0 radical (unpaired) electrons. The molecule has 1 amide bonds. The van der Waals surface area contributed by atoms with Crippen LogP contribution >= 0.6 is 7.82 Å². The van der Waals surface area contributed by atoms with E-state index in [4.69, 9.17) is 9.05 Å². The molecule has 69 heavy (non-hydrogen) atoms. The molecule has 0 aromatic heterocycles. The molecule has 2 N–H and O–H groups in total. The zero-order chi connectivity index (χ0) is 50.6. The number of phosphoric ester groups is 1. The summed E-state index contributed by atoms with van der Waals surface area (Å²) in [5.41, 5.74) is 0. The lowest BCUT2D eigenvalue weighted by Crippen LogP contribution is -2.45. The Balaban J connectivity index is 3.92. The predicted molar refractivity (Wildman–Crippen MR) is 298 cm³/mol. The lowest BCUT2D eigenvalue weighted by molar-refractivity contribution is -0.870. The molecule has 8 nitrogen and oxygen atoms in total. The Bertz CT molecular complexity index is 1130. The Morgan fingerprint density at radius 1 is 0.493 bits per heavy atom. The Labute approximate surface area is 431 Å². The highest BCUT2D eigenvalue weighted by Crippen LogP contribution is 2.38. The molecule has 0 spiro atoms. The monoisotopic (exact) mass is 997 g/mol. The second kappa shape index (κ2) is 52.1. The van der Waals surface area contributed by atoms with Crippen LogP contribution in [0.4, 0.5) is 0 Å². The third-order valence-electron chi connectivity index (χ3n) is 14.2. The van der Waals surface area contributed by atoms with E-state index < -0.39 is 20.0 Å². The molecule has 9 heteroatoms. The van der Waals surface area contributed by atoms with E-state index in [0.717, 1.165) is 38.5 Å². The Morgan fingerprint density at radius 2 is 0.783 bits per heavy atom. The van der Waals surface area contributed by atoms with Crippen LogP contribution in [0.3, 0.4) is 0 Å². The third-order valence-corrected chi connectivity index (χ3v) is 15.2. The molecular weight excluding hydrogens is 876 g/mol.